The lowest BCUT2D eigenvalue weighted by Crippen LogP contribution is -2.24. The largest absolute Gasteiger partial charge is 0.389 e. The van der Waals surface area contributed by atoms with Crippen molar-refractivity contribution in [2.24, 2.45) is 12.8 Å². The maximum Gasteiger partial charge on any atom is 0.240 e. The Morgan fingerprint density at radius 1 is 1.43 bits per heavy atom. The number of nitrogens with zero attached hydrogens (tertiary/aromatic N) is 2. The van der Waals surface area contributed by atoms with Crippen molar-refractivity contribution in [1.29, 1.82) is 0 Å². The van der Waals surface area contributed by atoms with Crippen molar-refractivity contribution in [2.45, 2.75) is 18.4 Å². The van der Waals surface area contributed by atoms with Gasteiger partial charge in [0.1, 0.15) is 4.99 Å². The van der Waals surface area contributed by atoms with E-state index in [0.717, 1.165) is 5.56 Å². The highest BCUT2D eigenvalue weighted by Crippen LogP contribution is 2.15. The number of aryl methyl sites for hydroxylation is 2. The predicted molar refractivity (Wildman–Crippen MR) is 84.3 cm³/mol. The van der Waals surface area contributed by atoms with Crippen LogP contribution >= 0.6 is 12.2 Å². The van der Waals surface area contributed by atoms with Crippen LogP contribution in [0, 0.1) is 6.92 Å². The molecule has 2 aromatic rings. The van der Waals surface area contributed by atoms with Crippen molar-refractivity contribution in [3.63, 3.8) is 0 Å². The molecule has 112 valence electrons. The van der Waals surface area contributed by atoms with Gasteiger partial charge in [-0.1, -0.05) is 18.3 Å². The summed E-state index contributed by atoms with van der Waals surface area (Å²) in [6.45, 7) is 1.91. The van der Waals surface area contributed by atoms with Gasteiger partial charge in [0.25, 0.3) is 0 Å². The van der Waals surface area contributed by atoms with Crippen LogP contribution in [0.1, 0.15) is 16.8 Å². The molecule has 0 saturated heterocycles. The quantitative estimate of drug-likeness (QED) is 0.796. The van der Waals surface area contributed by atoms with Crippen molar-refractivity contribution in [2.75, 3.05) is 0 Å². The van der Waals surface area contributed by atoms with E-state index < -0.39 is 10.0 Å². The third kappa shape index (κ3) is 3.66. The number of hydrogen-bond acceptors (Lipinski definition) is 4. The lowest BCUT2D eigenvalue weighted by Gasteiger charge is -2.09. The molecule has 8 heteroatoms. The molecule has 0 amide bonds. The molecule has 0 unspecified atom stereocenters. The fraction of sp³-hybridized carbons (Fsp3) is 0.231. The van der Waals surface area contributed by atoms with Crippen LogP contribution in [-0.4, -0.2) is 23.2 Å². The van der Waals surface area contributed by atoms with Gasteiger partial charge in [-0.25, -0.2) is 13.1 Å². The smallest absolute Gasteiger partial charge is 0.240 e. The van der Waals surface area contributed by atoms with Gasteiger partial charge in [-0.15, -0.1) is 0 Å². The summed E-state index contributed by atoms with van der Waals surface area (Å²) in [5.41, 5.74) is 7.62. The molecule has 0 atom stereocenters. The zero-order valence-electron chi connectivity index (χ0n) is 11.7. The third-order valence-corrected chi connectivity index (χ3v) is 4.60. The van der Waals surface area contributed by atoms with Gasteiger partial charge in [0.05, 0.1) is 17.1 Å². The first-order valence-electron chi connectivity index (χ1n) is 6.18. The number of benzene rings is 1. The predicted octanol–water partition coefficient (Wildman–Crippen LogP) is 0.841. The molecular weight excluding hydrogens is 308 g/mol. The Hall–Kier alpha value is -1.77. The van der Waals surface area contributed by atoms with Crippen LogP contribution in [0.4, 0.5) is 0 Å². The van der Waals surface area contributed by atoms with E-state index >= 15 is 0 Å². The molecule has 0 bridgehead atoms. The third-order valence-electron chi connectivity index (χ3n) is 2.99. The Bertz CT molecular complexity index is 781. The van der Waals surface area contributed by atoms with Gasteiger partial charge >= 0.3 is 0 Å². The number of aromatic nitrogens is 2. The topological polar surface area (TPSA) is 90.0 Å². The average Bonchev–Trinajstić information content (AvgIpc) is 2.82. The second-order valence-electron chi connectivity index (χ2n) is 4.65. The fourth-order valence-electron chi connectivity index (χ4n) is 1.89. The van der Waals surface area contributed by atoms with Gasteiger partial charge in [-0.05, 0) is 30.7 Å². The van der Waals surface area contributed by atoms with Gasteiger partial charge in [0, 0.05) is 18.8 Å². The van der Waals surface area contributed by atoms with E-state index in [1.165, 1.54) is 6.07 Å². The van der Waals surface area contributed by atoms with Crippen LogP contribution in [0.3, 0.4) is 0 Å². The Balaban J connectivity index is 2.19. The van der Waals surface area contributed by atoms with Crippen LogP contribution in [0.25, 0.3) is 0 Å². The molecule has 1 heterocycles. The summed E-state index contributed by atoms with van der Waals surface area (Å²) in [6, 6.07) is 6.41. The molecule has 0 spiro atoms. The number of rotatable bonds is 5. The standard InChI is InChI=1S/C13H16N4O2S2/c1-9-7-11(3-4-12(9)13(14)20)21(18,19)15-8-10-5-6-17(2)16-10/h3-7,15H,8H2,1-2H3,(H2,14,20). The molecule has 2 rings (SSSR count). The number of hydrogen-bond donors (Lipinski definition) is 2. The lowest BCUT2D eigenvalue weighted by atomic mass is 10.1. The Morgan fingerprint density at radius 3 is 2.67 bits per heavy atom. The summed E-state index contributed by atoms with van der Waals surface area (Å²) < 4.78 is 28.6. The minimum atomic E-state index is -3.60. The zero-order chi connectivity index (χ0) is 15.6. The highest BCUT2D eigenvalue weighted by molar-refractivity contribution is 7.89. The highest BCUT2D eigenvalue weighted by Gasteiger charge is 2.16. The molecule has 0 aliphatic carbocycles. The molecule has 21 heavy (non-hydrogen) atoms. The van der Waals surface area contributed by atoms with Crippen LogP contribution < -0.4 is 10.5 Å². The van der Waals surface area contributed by atoms with E-state index in [-0.39, 0.29) is 16.4 Å². The number of sulfonamides is 1. The summed E-state index contributed by atoms with van der Waals surface area (Å²) in [5, 5.41) is 4.12. The van der Waals surface area contributed by atoms with Crippen molar-refractivity contribution in [3.05, 3.63) is 47.3 Å². The molecule has 0 aliphatic rings. The van der Waals surface area contributed by atoms with Gasteiger partial charge in [0.2, 0.25) is 10.0 Å². The minimum absolute atomic E-state index is 0.138. The van der Waals surface area contributed by atoms with Crippen LogP contribution in [0.5, 0.6) is 0 Å². The number of thiocarbonyl (C=S) groups is 1. The molecule has 0 radical (unpaired) electrons. The first-order valence-corrected chi connectivity index (χ1v) is 8.07. The summed E-state index contributed by atoms with van der Waals surface area (Å²) in [4.78, 5) is 0.425. The highest BCUT2D eigenvalue weighted by atomic mass is 32.2. The van der Waals surface area contributed by atoms with Gasteiger partial charge < -0.3 is 5.73 Å². The first kappa shape index (κ1) is 15.6. The van der Waals surface area contributed by atoms with Crippen LogP contribution in [0.15, 0.2) is 35.4 Å². The number of nitrogens with one attached hydrogen (secondary N) is 1. The maximum absolute atomic E-state index is 12.2. The van der Waals surface area contributed by atoms with Gasteiger partial charge in [-0.3, -0.25) is 4.68 Å². The van der Waals surface area contributed by atoms with Crippen molar-refractivity contribution in [3.8, 4) is 0 Å². The minimum Gasteiger partial charge on any atom is -0.389 e. The molecule has 3 N–H and O–H groups in total. The lowest BCUT2D eigenvalue weighted by molar-refractivity contribution is 0.579. The molecule has 6 nitrogen and oxygen atoms in total. The second-order valence-corrected chi connectivity index (χ2v) is 6.85. The van der Waals surface area contributed by atoms with E-state index in [0.29, 0.717) is 11.3 Å². The van der Waals surface area contributed by atoms with Gasteiger partial charge in [-0.2, -0.15) is 5.10 Å². The fourth-order valence-corrected chi connectivity index (χ4v) is 3.20. The van der Waals surface area contributed by atoms with Gasteiger partial charge in [0.15, 0.2) is 0 Å². The Kier molecular flexibility index (Phi) is 4.40. The van der Waals surface area contributed by atoms with Crippen molar-refractivity contribution in [1.82, 2.24) is 14.5 Å². The molecule has 0 fully saturated rings. The summed E-state index contributed by atoms with van der Waals surface area (Å²) in [5.74, 6) is 0. The number of nitrogens with two attached hydrogens (primary N) is 1. The van der Waals surface area contributed by atoms with E-state index in [9.17, 15) is 8.42 Å². The average molecular weight is 324 g/mol. The van der Waals surface area contributed by atoms with Crippen LogP contribution in [-0.2, 0) is 23.6 Å². The van der Waals surface area contributed by atoms with Crippen molar-refractivity contribution < 1.29 is 8.42 Å². The monoisotopic (exact) mass is 324 g/mol. The summed E-state index contributed by atoms with van der Waals surface area (Å²) >= 11 is 4.91. The van der Waals surface area contributed by atoms with E-state index in [1.54, 1.807) is 43.0 Å². The molecule has 0 aliphatic heterocycles. The zero-order valence-corrected chi connectivity index (χ0v) is 13.3. The van der Waals surface area contributed by atoms with Crippen molar-refractivity contribution >= 4 is 27.2 Å². The normalized spacial score (nSPS) is 11.5. The molecule has 1 aromatic carbocycles. The molecule has 0 saturated carbocycles. The SMILES string of the molecule is Cc1cc(S(=O)(=O)NCc2ccn(C)n2)ccc1C(N)=S. The van der Waals surface area contributed by atoms with E-state index in [1.807, 2.05) is 0 Å². The summed E-state index contributed by atoms with van der Waals surface area (Å²) in [6.07, 6.45) is 1.75. The maximum atomic E-state index is 12.2. The van der Waals surface area contributed by atoms with E-state index in [2.05, 4.69) is 9.82 Å². The Morgan fingerprint density at radius 2 is 2.14 bits per heavy atom. The van der Waals surface area contributed by atoms with Crippen LogP contribution in [0.2, 0.25) is 0 Å². The van der Waals surface area contributed by atoms with E-state index in [4.69, 9.17) is 18.0 Å². The summed E-state index contributed by atoms with van der Waals surface area (Å²) in [7, 11) is -1.82. The second kappa shape index (κ2) is 5.92. The Labute approximate surface area is 129 Å². The molecule has 1 aromatic heterocycles. The molecular formula is C13H16N4O2S2. The first-order chi connectivity index (χ1) is 9.79.